The van der Waals surface area contributed by atoms with E-state index in [4.69, 9.17) is 4.74 Å². The quantitative estimate of drug-likeness (QED) is 0.901. The predicted molar refractivity (Wildman–Crippen MR) is 97.7 cm³/mol. The summed E-state index contributed by atoms with van der Waals surface area (Å²) in [6.45, 7) is 7.65. The Labute approximate surface area is 152 Å². The number of likely N-dealkylation sites (tertiary alicyclic amines) is 1. The number of aromatic nitrogens is 3. The second-order valence-corrected chi connectivity index (χ2v) is 8.58. The molecule has 0 aliphatic carbocycles. The molecule has 6 nitrogen and oxygen atoms in total. The van der Waals surface area contributed by atoms with Gasteiger partial charge in [0.2, 0.25) is 0 Å². The largest absolute Gasteiger partial charge is 0.377 e. The molecule has 0 spiro atoms. The molecule has 1 aliphatic rings. The van der Waals surface area contributed by atoms with Gasteiger partial charge in [-0.2, -0.15) is 5.10 Å². The van der Waals surface area contributed by atoms with Gasteiger partial charge in [0.15, 0.2) is 11.6 Å². The summed E-state index contributed by atoms with van der Waals surface area (Å²) in [4.78, 5) is 21.6. The molecule has 1 N–H and O–H groups in total. The summed E-state index contributed by atoms with van der Waals surface area (Å²) in [5.41, 5.74) is 0.0588. The normalized spacial score (nSPS) is 18.6. The average Bonchev–Trinajstić information content (AvgIpc) is 3.23. The van der Waals surface area contributed by atoms with Crippen LogP contribution in [0.15, 0.2) is 12.1 Å². The van der Waals surface area contributed by atoms with Crippen LogP contribution in [0.4, 0.5) is 0 Å². The van der Waals surface area contributed by atoms with Gasteiger partial charge in [-0.25, -0.2) is 4.98 Å². The molecule has 0 radical (unpaired) electrons. The van der Waals surface area contributed by atoms with E-state index in [0.717, 1.165) is 30.7 Å². The van der Waals surface area contributed by atoms with Crippen molar-refractivity contribution in [2.24, 2.45) is 0 Å². The number of amides is 1. The summed E-state index contributed by atoms with van der Waals surface area (Å²) in [5.74, 6) is 1.47. The van der Waals surface area contributed by atoms with E-state index in [1.165, 1.54) is 4.88 Å². The first-order valence-electron chi connectivity index (χ1n) is 8.71. The number of ether oxygens (including phenoxy) is 1. The Morgan fingerprint density at radius 2 is 2.20 bits per heavy atom. The molecule has 1 amide bonds. The minimum absolute atomic E-state index is 0.0588. The minimum Gasteiger partial charge on any atom is -0.377 e. The van der Waals surface area contributed by atoms with E-state index >= 15 is 0 Å². The zero-order valence-electron chi connectivity index (χ0n) is 15.3. The number of carbonyl (C=O) groups is 1. The van der Waals surface area contributed by atoms with E-state index in [-0.39, 0.29) is 17.4 Å². The third-order valence-corrected chi connectivity index (χ3v) is 5.95. The first-order chi connectivity index (χ1) is 11.9. The topological polar surface area (TPSA) is 71.1 Å². The highest BCUT2D eigenvalue weighted by atomic mass is 32.1. The number of methoxy groups -OCH3 is 1. The number of aromatic amines is 1. The van der Waals surface area contributed by atoms with Crippen LogP contribution in [0.25, 0.3) is 0 Å². The Balaban J connectivity index is 1.82. The van der Waals surface area contributed by atoms with Gasteiger partial charge in [0.25, 0.3) is 5.91 Å². The average molecular weight is 362 g/mol. The van der Waals surface area contributed by atoms with E-state index in [9.17, 15) is 4.79 Å². The summed E-state index contributed by atoms with van der Waals surface area (Å²) in [7, 11) is 1.63. The molecule has 7 heteroatoms. The maximum absolute atomic E-state index is 13.1. The number of H-pyrrole nitrogens is 1. The maximum atomic E-state index is 13.1. The maximum Gasteiger partial charge on any atom is 0.264 e. The van der Waals surface area contributed by atoms with E-state index < -0.39 is 0 Å². The Morgan fingerprint density at radius 3 is 2.88 bits per heavy atom. The highest BCUT2D eigenvalue weighted by molar-refractivity contribution is 7.14. The van der Waals surface area contributed by atoms with Gasteiger partial charge in [0.1, 0.15) is 6.61 Å². The van der Waals surface area contributed by atoms with E-state index in [1.807, 2.05) is 11.0 Å². The highest BCUT2D eigenvalue weighted by Gasteiger charge is 2.32. The number of nitrogens with zero attached hydrogens (tertiary/aromatic N) is 3. The van der Waals surface area contributed by atoms with Crippen LogP contribution in [0.5, 0.6) is 0 Å². The summed E-state index contributed by atoms with van der Waals surface area (Å²) in [6, 6.07) is 3.96. The molecule has 2 aromatic rings. The standard InChI is InChI=1S/C18H26N4O2S/c1-18(2,3)14-9-8-13(25-14)17(23)22-10-6-5-7-12(22)16-19-15(11-24-4)20-21-16/h8-9,12H,5-7,10-11H2,1-4H3,(H,19,20,21). The van der Waals surface area contributed by atoms with Crippen molar-refractivity contribution < 1.29 is 9.53 Å². The van der Waals surface area contributed by atoms with Crippen LogP contribution >= 0.6 is 11.3 Å². The van der Waals surface area contributed by atoms with Gasteiger partial charge in [-0.15, -0.1) is 11.3 Å². The lowest BCUT2D eigenvalue weighted by Gasteiger charge is -2.33. The fourth-order valence-electron chi connectivity index (χ4n) is 3.10. The molecule has 2 aromatic heterocycles. The van der Waals surface area contributed by atoms with Crippen molar-refractivity contribution in [1.29, 1.82) is 0 Å². The van der Waals surface area contributed by atoms with Gasteiger partial charge in [-0.3, -0.25) is 9.89 Å². The molecule has 1 aliphatic heterocycles. The first-order valence-corrected chi connectivity index (χ1v) is 9.53. The molecule has 1 fully saturated rings. The third kappa shape index (κ3) is 3.93. The Morgan fingerprint density at radius 1 is 1.40 bits per heavy atom. The molecule has 0 bridgehead atoms. The smallest absolute Gasteiger partial charge is 0.264 e. The monoisotopic (exact) mass is 362 g/mol. The second kappa shape index (κ2) is 7.25. The fourth-order valence-corrected chi connectivity index (χ4v) is 4.12. The van der Waals surface area contributed by atoms with E-state index in [1.54, 1.807) is 18.4 Å². The number of nitrogens with one attached hydrogen (secondary N) is 1. The molecule has 1 atom stereocenters. The molecule has 136 valence electrons. The van der Waals surface area contributed by atoms with Crippen molar-refractivity contribution in [3.63, 3.8) is 0 Å². The minimum atomic E-state index is -0.0664. The molecule has 0 saturated carbocycles. The summed E-state index contributed by atoms with van der Waals surface area (Å²) in [6.07, 6.45) is 3.00. The lowest BCUT2D eigenvalue weighted by atomic mass is 9.95. The lowest BCUT2D eigenvalue weighted by molar-refractivity contribution is 0.0605. The van der Waals surface area contributed by atoms with Crippen LogP contribution in [0.1, 0.15) is 72.3 Å². The number of hydrogen-bond acceptors (Lipinski definition) is 5. The highest BCUT2D eigenvalue weighted by Crippen LogP contribution is 2.34. The second-order valence-electron chi connectivity index (χ2n) is 7.50. The molecule has 3 rings (SSSR count). The fraction of sp³-hybridized carbons (Fsp3) is 0.611. The van der Waals surface area contributed by atoms with Crippen LogP contribution in [0.3, 0.4) is 0 Å². The van der Waals surface area contributed by atoms with E-state index in [0.29, 0.717) is 18.3 Å². The van der Waals surface area contributed by atoms with Crippen molar-refractivity contribution in [2.45, 2.75) is 58.1 Å². The van der Waals surface area contributed by atoms with Crippen LogP contribution in [0, 0.1) is 0 Å². The Hall–Kier alpha value is -1.73. The molecular formula is C18H26N4O2S. The van der Waals surface area contributed by atoms with Gasteiger partial charge >= 0.3 is 0 Å². The third-order valence-electron chi connectivity index (χ3n) is 4.45. The van der Waals surface area contributed by atoms with Gasteiger partial charge in [0.05, 0.1) is 10.9 Å². The van der Waals surface area contributed by atoms with Crippen molar-refractivity contribution in [3.05, 3.63) is 33.5 Å². The number of thiophene rings is 1. The molecule has 3 heterocycles. The summed E-state index contributed by atoms with van der Waals surface area (Å²) in [5, 5.41) is 7.23. The molecule has 1 unspecified atom stereocenters. The van der Waals surface area contributed by atoms with Crippen LogP contribution in [-0.2, 0) is 16.8 Å². The number of hydrogen-bond donors (Lipinski definition) is 1. The van der Waals surface area contributed by atoms with Crippen molar-refractivity contribution in [2.75, 3.05) is 13.7 Å². The molecule has 1 saturated heterocycles. The lowest BCUT2D eigenvalue weighted by Crippen LogP contribution is -2.38. The van der Waals surface area contributed by atoms with Crippen molar-refractivity contribution >= 4 is 17.2 Å². The van der Waals surface area contributed by atoms with Crippen LogP contribution < -0.4 is 0 Å². The SMILES string of the molecule is COCc1nc(C2CCCCN2C(=O)c2ccc(C(C)(C)C)s2)n[nH]1. The number of carbonyl (C=O) groups excluding carboxylic acids is 1. The van der Waals surface area contributed by atoms with Gasteiger partial charge in [-0.1, -0.05) is 20.8 Å². The van der Waals surface area contributed by atoms with Crippen LogP contribution in [-0.4, -0.2) is 39.6 Å². The predicted octanol–water partition coefficient (Wildman–Crippen LogP) is 3.68. The van der Waals surface area contributed by atoms with Crippen LogP contribution in [0.2, 0.25) is 0 Å². The van der Waals surface area contributed by atoms with Gasteiger partial charge in [0, 0.05) is 18.5 Å². The first kappa shape index (κ1) is 18.1. The van der Waals surface area contributed by atoms with E-state index in [2.05, 4.69) is 42.0 Å². The zero-order valence-corrected chi connectivity index (χ0v) is 16.2. The number of piperidine rings is 1. The summed E-state index contributed by atoms with van der Waals surface area (Å²) < 4.78 is 5.09. The Bertz CT molecular complexity index is 732. The van der Waals surface area contributed by atoms with Gasteiger partial charge in [-0.05, 0) is 36.8 Å². The molecule has 0 aromatic carbocycles. The number of rotatable bonds is 4. The molecule has 25 heavy (non-hydrogen) atoms. The van der Waals surface area contributed by atoms with Crippen molar-refractivity contribution in [3.8, 4) is 0 Å². The Kier molecular flexibility index (Phi) is 5.24. The molecular weight excluding hydrogens is 336 g/mol. The van der Waals surface area contributed by atoms with Gasteiger partial charge < -0.3 is 9.64 Å². The summed E-state index contributed by atoms with van der Waals surface area (Å²) >= 11 is 1.59. The van der Waals surface area contributed by atoms with Crippen molar-refractivity contribution in [1.82, 2.24) is 20.1 Å². The zero-order chi connectivity index (χ0) is 18.0.